The molecule has 2 heterocycles. The van der Waals surface area contributed by atoms with E-state index < -0.39 is 0 Å². The van der Waals surface area contributed by atoms with Gasteiger partial charge in [-0.15, -0.1) is 0 Å². The zero-order valence-electron chi connectivity index (χ0n) is 13.3. The second kappa shape index (κ2) is 7.10. The average molecular weight is 293 g/mol. The van der Waals surface area contributed by atoms with E-state index in [-0.39, 0.29) is 0 Å². The van der Waals surface area contributed by atoms with Gasteiger partial charge in [0.25, 0.3) is 0 Å². The smallest absolute Gasteiger partial charge is 0.225 e. The van der Waals surface area contributed by atoms with Crippen LogP contribution in [0.25, 0.3) is 0 Å². The number of hydrogen-bond donors (Lipinski definition) is 1. The van der Waals surface area contributed by atoms with Crippen molar-refractivity contribution < 1.29 is 4.79 Å². The largest absolute Gasteiger partial charge is 0.341 e. The topological polar surface area (TPSA) is 49.6 Å². The molecule has 0 aromatic rings. The molecule has 0 bridgehead atoms. The summed E-state index contributed by atoms with van der Waals surface area (Å²) in [5.74, 6) is 0.772. The Labute approximate surface area is 129 Å². The third-order valence-electron chi connectivity index (χ3n) is 5.77. The number of carbonyl (C=O) groups is 1. The van der Waals surface area contributed by atoms with Crippen molar-refractivity contribution in [3.63, 3.8) is 0 Å². The Bertz CT molecular complexity index is 344. The average Bonchev–Trinajstić information content (AvgIpc) is 2.83. The number of amides is 1. The lowest BCUT2D eigenvalue weighted by molar-refractivity contribution is -0.135. The Morgan fingerprint density at radius 3 is 2.19 bits per heavy atom. The summed E-state index contributed by atoms with van der Waals surface area (Å²) >= 11 is 0. The SMILES string of the molecule is NC1CCN(C2CCN(C(=O)C3CCCCCC3)C2)CC1. The molecule has 1 unspecified atom stereocenters. The van der Waals surface area contributed by atoms with Crippen molar-refractivity contribution >= 4 is 5.91 Å². The van der Waals surface area contributed by atoms with E-state index in [1.54, 1.807) is 0 Å². The van der Waals surface area contributed by atoms with E-state index in [1.165, 1.54) is 25.7 Å². The van der Waals surface area contributed by atoms with Gasteiger partial charge in [-0.3, -0.25) is 9.69 Å². The Hall–Kier alpha value is -0.610. The molecule has 3 fully saturated rings. The molecule has 1 amide bonds. The Morgan fingerprint density at radius 1 is 0.857 bits per heavy atom. The standard InChI is InChI=1S/C17H31N3O/c18-15-7-10-19(11-8-15)16-9-12-20(13-16)17(21)14-5-3-1-2-4-6-14/h14-16H,1-13,18H2. The molecule has 2 saturated heterocycles. The van der Waals surface area contributed by atoms with Gasteiger partial charge in [0.05, 0.1) is 0 Å². The lowest BCUT2D eigenvalue weighted by Crippen LogP contribution is -2.46. The maximum absolute atomic E-state index is 12.7. The van der Waals surface area contributed by atoms with Gasteiger partial charge in [0.1, 0.15) is 0 Å². The number of nitrogens with two attached hydrogens (primary N) is 1. The van der Waals surface area contributed by atoms with Gasteiger partial charge in [-0.1, -0.05) is 25.7 Å². The van der Waals surface area contributed by atoms with Crippen LogP contribution in [0.3, 0.4) is 0 Å². The molecule has 1 aliphatic carbocycles. The van der Waals surface area contributed by atoms with Crippen molar-refractivity contribution in [2.75, 3.05) is 26.2 Å². The predicted molar refractivity (Wildman–Crippen MR) is 85.0 cm³/mol. The summed E-state index contributed by atoms with van der Waals surface area (Å²) in [5.41, 5.74) is 5.99. The predicted octanol–water partition coefficient (Wildman–Crippen LogP) is 1.98. The molecule has 2 aliphatic heterocycles. The van der Waals surface area contributed by atoms with E-state index in [0.29, 0.717) is 23.9 Å². The molecule has 21 heavy (non-hydrogen) atoms. The lowest BCUT2D eigenvalue weighted by atomic mass is 9.99. The highest BCUT2D eigenvalue weighted by atomic mass is 16.2. The van der Waals surface area contributed by atoms with Crippen molar-refractivity contribution in [3.8, 4) is 0 Å². The fraction of sp³-hybridized carbons (Fsp3) is 0.941. The van der Waals surface area contributed by atoms with Gasteiger partial charge in [-0.2, -0.15) is 0 Å². The number of piperidine rings is 1. The summed E-state index contributed by atoms with van der Waals surface area (Å²) in [5, 5.41) is 0. The summed E-state index contributed by atoms with van der Waals surface area (Å²) in [6, 6.07) is 0.985. The van der Waals surface area contributed by atoms with Crippen LogP contribution in [0.4, 0.5) is 0 Å². The normalized spacial score (nSPS) is 30.5. The van der Waals surface area contributed by atoms with Gasteiger partial charge in [0, 0.05) is 31.1 Å². The van der Waals surface area contributed by atoms with Crippen molar-refractivity contribution in [2.24, 2.45) is 11.7 Å². The molecular weight excluding hydrogens is 262 g/mol. The van der Waals surface area contributed by atoms with E-state index in [2.05, 4.69) is 9.80 Å². The maximum atomic E-state index is 12.7. The number of hydrogen-bond acceptors (Lipinski definition) is 3. The van der Waals surface area contributed by atoms with Crippen LogP contribution in [-0.2, 0) is 4.79 Å². The fourth-order valence-electron chi connectivity index (χ4n) is 4.31. The highest BCUT2D eigenvalue weighted by Crippen LogP contribution is 2.27. The first kappa shape index (κ1) is 15.3. The highest BCUT2D eigenvalue weighted by Gasteiger charge is 2.34. The number of rotatable bonds is 2. The van der Waals surface area contributed by atoms with Gasteiger partial charge < -0.3 is 10.6 Å². The van der Waals surface area contributed by atoms with Crippen molar-refractivity contribution in [1.82, 2.24) is 9.80 Å². The van der Waals surface area contributed by atoms with Crippen LogP contribution in [0.2, 0.25) is 0 Å². The first-order chi connectivity index (χ1) is 10.2. The monoisotopic (exact) mass is 293 g/mol. The minimum Gasteiger partial charge on any atom is -0.341 e. The van der Waals surface area contributed by atoms with Gasteiger partial charge in [0.2, 0.25) is 5.91 Å². The van der Waals surface area contributed by atoms with Crippen LogP contribution in [0, 0.1) is 5.92 Å². The lowest BCUT2D eigenvalue weighted by Gasteiger charge is -2.34. The fourth-order valence-corrected chi connectivity index (χ4v) is 4.31. The molecule has 1 atom stereocenters. The van der Waals surface area contributed by atoms with Crippen LogP contribution in [0.5, 0.6) is 0 Å². The minimum absolute atomic E-state index is 0.320. The van der Waals surface area contributed by atoms with E-state index >= 15 is 0 Å². The highest BCUT2D eigenvalue weighted by molar-refractivity contribution is 5.79. The summed E-state index contributed by atoms with van der Waals surface area (Å²) in [6.07, 6.45) is 10.8. The molecule has 0 spiro atoms. The third-order valence-corrected chi connectivity index (χ3v) is 5.77. The number of likely N-dealkylation sites (tertiary alicyclic amines) is 2. The maximum Gasteiger partial charge on any atom is 0.225 e. The summed E-state index contributed by atoms with van der Waals surface area (Å²) in [7, 11) is 0. The van der Waals surface area contributed by atoms with E-state index in [9.17, 15) is 4.79 Å². The molecule has 3 aliphatic rings. The van der Waals surface area contributed by atoms with Crippen molar-refractivity contribution in [2.45, 2.75) is 69.9 Å². The Morgan fingerprint density at radius 2 is 1.52 bits per heavy atom. The Kier molecular flexibility index (Phi) is 5.17. The molecule has 0 aromatic heterocycles. The third kappa shape index (κ3) is 3.78. The second-order valence-corrected chi connectivity index (χ2v) is 7.29. The van der Waals surface area contributed by atoms with Gasteiger partial charge in [-0.25, -0.2) is 0 Å². The quantitative estimate of drug-likeness (QED) is 0.792. The molecule has 1 saturated carbocycles. The number of nitrogens with zero attached hydrogens (tertiary/aromatic N) is 2. The van der Waals surface area contributed by atoms with Crippen molar-refractivity contribution in [3.05, 3.63) is 0 Å². The van der Waals surface area contributed by atoms with Crippen LogP contribution in [-0.4, -0.2) is 54.0 Å². The van der Waals surface area contributed by atoms with Gasteiger partial charge in [0.15, 0.2) is 0 Å². The Balaban J connectivity index is 1.50. The van der Waals surface area contributed by atoms with E-state index in [1.807, 2.05) is 0 Å². The summed E-state index contributed by atoms with van der Waals surface area (Å²) in [6.45, 7) is 4.18. The molecule has 4 nitrogen and oxygen atoms in total. The van der Waals surface area contributed by atoms with Crippen molar-refractivity contribution in [1.29, 1.82) is 0 Å². The molecule has 0 aromatic carbocycles. The summed E-state index contributed by atoms with van der Waals surface area (Å²) < 4.78 is 0. The van der Waals surface area contributed by atoms with Crippen LogP contribution in [0.15, 0.2) is 0 Å². The van der Waals surface area contributed by atoms with Gasteiger partial charge >= 0.3 is 0 Å². The van der Waals surface area contributed by atoms with Gasteiger partial charge in [-0.05, 0) is 45.2 Å². The first-order valence-electron chi connectivity index (χ1n) is 9.02. The molecule has 2 N–H and O–H groups in total. The molecule has 3 rings (SSSR count). The zero-order valence-corrected chi connectivity index (χ0v) is 13.3. The molecular formula is C17H31N3O. The zero-order chi connectivity index (χ0) is 14.7. The number of carbonyl (C=O) groups excluding carboxylic acids is 1. The minimum atomic E-state index is 0.320. The summed E-state index contributed by atoms with van der Waals surface area (Å²) in [4.78, 5) is 17.5. The van der Waals surface area contributed by atoms with Crippen LogP contribution < -0.4 is 5.73 Å². The van der Waals surface area contributed by atoms with Crippen LogP contribution in [0.1, 0.15) is 57.8 Å². The first-order valence-corrected chi connectivity index (χ1v) is 9.02. The second-order valence-electron chi connectivity index (χ2n) is 7.29. The van der Waals surface area contributed by atoms with E-state index in [4.69, 9.17) is 5.73 Å². The molecule has 4 heteroatoms. The van der Waals surface area contributed by atoms with E-state index in [0.717, 1.165) is 58.3 Å². The molecule has 0 radical (unpaired) electrons. The van der Waals surface area contributed by atoms with Crippen LogP contribution >= 0.6 is 0 Å². The molecule has 120 valence electrons.